The van der Waals surface area contributed by atoms with Gasteiger partial charge >= 0.3 is 5.97 Å². The number of carbonyl (C=O) groups is 3. The van der Waals surface area contributed by atoms with Gasteiger partial charge in [-0.15, -0.1) is 0 Å². The predicted octanol–water partition coefficient (Wildman–Crippen LogP) is -1.07. The van der Waals surface area contributed by atoms with E-state index in [9.17, 15) is 14.4 Å². The van der Waals surface area contributed by atoms with Crippen molar-refractivity contribution in [1.82, 2.24) is 4.90 Å². The van der Waals surface area contributed by atoms with Crippen molar-refractivity contribution in [2.24, 2.45) is 22.4 Å². The lowest BCUT2D eigenvalue weighted by Crippen LogP contribution is -2.67. The molecule has 0 aromatic heterocycles. The van der Waals surface area contributed by atoms with E-state index in [4.69, 9.17) is 16.2 Å². The number of hydrogen-bond donors (Lipinski definition) is 2. The average molecular weight is 270 g/mol. The summed E-state index contributed by atoms with van der Waals surface area (Å²) in [6.07, 6.45) is -0.451. The van der Waals surface area contributed by atoms with Crippen molar-refractivity contribution >= 4 is 23.7 Å². The molecule has 0 aromatic rings. The van der Waals surface area contributed by atoms with Crippen LogP contribution < -0.4 is 11.5 Å². The highest BCUT2D eigenvalue weighted by Crippen LogP contribution is 2.33. The van der Waals surface area contributed by atoms with Gasteiger partial charge in [-0.1, -0.05) is 6.92 Å². The zero-order valence-corrected chi connectivity index (χ0v) is 11.1. The van der Waals surface area contributed by atoms with Gasteiger partial charge in [-0.05, 0) is 6.42 Å². The molecule has 0 bridgehead atoms. The monoisotopic (exact) mass is 270 g/mol. The summed E-state index contributed by atoms with van der Waals surface area (Å²) < 4.78 is 5.00. The maximum absolute atomic E-state index is 11.9. The van der Waals surface area contributed by atoms with Crippen LogP contribution in [0.2, 0.25) is 0 Å². The molecular formula is C11H18N4O4. The maximum atomic E-state index is 11.9. The van der Waals surface area contributed by atoms with Crippen LogP contribution in [0, 0.1) is 5.92 Å². The molecule has 3 atom stereocenters. The van der Waals surface area contributed by atoms with Gasteiger partial charge in [0.05, 0.1) is 6.04 Å². The number of imide groups is 1. The fourth-order valence-electron chi connectivity index (χ4n) is 2.09. The number of β-lactam (4-membered cyclic amide) rings is 1. The molecule has 1 saturated heterocycles. The molecule has 1 heterocycles. The molecule has 1 aliphatic rings. The van der Waals surface area contributed by atoms with E-state index in [2.05, 4.69) is 4.99 Å². The van der Waals surface area contributed by atoms with Crippen molar-refractivity contribution in [3.05, 3.63) is 0 Å². The van der Waals surface area contributed by atoms with Crippen molar-refractivity contribution in [3.8, 4) is 0 Å². The average Bonchev–Trinajstić information content (AvgIpc) is 2.25. The normalized spacial score (nSPS) is 23.3. The van der Waals surface area contributed by atoms with E-state index in [1.807, 2.05) is 0 Å². The number of likely N-dealkylation sites (tertiary alicyclic amines) is 1. The van der Waals surface area contributed by atoms with Crippen LogP contribution in [0.25, 0.3) is 0 Å². The number of aliphatic imine (C=N–C) groups is 1. The molecular weight excluding hydrogens is 252 g/mol. The Morgan fingerprint density at radius 2 is 2.00 bits per heavy atom. The lowest BCUT2D eigenvalue weighted by atomic mass is 9.86. The largest absolute Gasteiger partial charge is 0.440 e. The molecule has 0 aromatic carbocycles. The fraction of sp³-hybridized carbons (Fsp3) is 0.636. The molecule has 19 heavy (non-hydrogen) atoms. The Kier molecular flexibility index (Phi) is 4.47. The summed E-state index contributed by atoms with van der Waals surface area (Å²) in [4.78, 5) is 39.2. The van der Waals surface area contributed by atoms with Gasteiger partial charge in [0.2, 0.25) is 11.8 Å². The molecule has 106 valence electrons. The van der Waals surface area contributed by atoms with Crippen LogP contribution in [0.4, 0.5) is 0 Å². The highest BCUT2D eigenvalue weighted by Gasteiger charge is 2.55. The first-order valence-electron chi connectivity index (χ1n) is 5.89. The smallest absolute Gasteiger partial charge is 0.304 e. The molecule has 0 aliphatic carbocycles. The maximum Gasteiger partial charge on any atom is 0.304 e. The van der Waals surface area contributed by atoms with E-state index >= 15 is 0 Å². The van der Waals surface area contributed by atoms with Crippen molar-refractivity contribution in [3.63, 3.8) is 0 Å². The zero-order chi connectivity index (χ0) is 14.7. The first-order valence-corrected chi connectivity index (χ1v) is 5.89. The Hall–Kier alpha value is -2.12. The lowest BCUT2D eigenvalue weighted by molar-refractivity contribution is -0.200. The third-order valence-electron chi connectivity index (χ3n) is 2.86. The first kappa shape index (κ1) is 14.9. The van der Waals surface area contributed by atoms with Crippen LogP contribution in [-0.4, -0.2) is 40.9 Å². The first-order chi connectivity index (χ1) is 8.79. The number of nitrogens with two attached hydrogens (primary N) is 2. The quantitative estimate of drug-likeness (QED) is 0.290. The van der Waals surface area contributed by atoms with E-state index in [0.717, 1.165) is 4.90 Å². The lowest BCUT2D eigenvalue weighted by Gasteiger charge is -2.45. The van der Waals surface area contributed by atoms with Gasteiger partial charge in [-0.2, -0.15) is 0 Å². The molecule has 8 heteroatoms. The van der Waals surface area contributed by atoms with Crippen molar-refractivity contribution in [2.45, 2.75) is 39.5 Å². The van der Waals surface area contributed by atoms with Gasteiger partial charge in [0, 0.05) is 13.8 Å². The van der Waals surface area contributed by atoms with Crippen molar-refractivity contribution in [2.75, 3.05) is 0 Å². The van der Waals surface area contributed by atoms with Crippen LogP contribution in [0.15, 0.2) is 4.99 Å². The number of carbonyl (C=O) groups excluding carboxylic acids is 3. The van der Waals surface area contributed by atoms with E-state index in [1.165, 1.54) is 13.8 Å². The minimum Gasteiger partial charge on any atom is -0.440 e. The van der Waals surface area contributed by atoms with Crippen LogP contribution in [0.3, 0.4) is 0 Å². The second-order valence-electron chi connectivity index (χ2n) is 4.28. The topological polar surface area (TPSA) is 128 Å². The molecule has 8 nitrogen and oxygen atoms in total. The predicted molar refractivity (Wildman–Crippen MR) is 66.5 cm³/mol. The second-order valence-corrected chi connectivity index (χ2v) is 4.28. The summed E-state index contributed by atoms with van der Waals surface area (Å²) in [5.41, 5.74) is 10.6. The van der Waals surface area contributed by atoms with E-state index < -0.39 is 36.0 Å². The van der Waals surface area contributed by atoms with Gasteiger partial charge in [0.25, 0.3) is 0 Å². The summed E-state index contributed by atoms with van der Waals surface area (Å²) >= 11 is 0. The number of amides is 2. The summed E-state index contributed by atoms with van der Waals surface area (Å²) in [6, 6.07) is -0.516. The third kappa shape index (κ3) is 3.01. The van der Waals surface area contributed by atoms with Gasteiger partial charge < -0.3 is 16.2 Å². The third-order valence-corrected chi connectivity index (χ3v) is 2.86. The van der Waals surface area contributed by atoms with Crippen LogP contribution in [0.1, 0.15) is 27.2 Å². The van der Waals surface area contributed by atoms with Gasteiger partial charge in [0.1, 0.15) is 5.92 Å². The van der Waals surface area contributed by atoms with Crippen LogP contribution in [-0.2, 0) is 19.1 Å². The minimum atomic E-state index is -0.935. The summed E-state index contributed by atoms with van der Waals surface area (Å²) in [5, 5.41) is 0. The molecule has 4 N–H and O–H groups in total. The Labute approximate surface area is 110 Å². The van der Waals surface area contributed by atoms with E-state index in [0.29, 0.717) is 6.42 Å². The highest BCUT2D eigenvalue weighted by molar-refractivity contribution is 6.01. The molecule has 0 saturated carbocycles. The highest BCUT2D eigenvalue weighted by atomic mass is 16.6. The molecule has 1 rings (SSSR count). The number of ether oxygens (including phenoxy) is 1. The Balaban J connectivity index is 2.98. The van der Waals surface area contributed by atoms with Crippen molar-refractivity contribution < 1.29 is 19.1 Å². The SMILES string of the molecule is CCC(N=C(N)N)C1C(=O)N(C(C)=O)C1OC(C)=O. The molecule has 1 aliphatic heterocycles. The Bertz CT molecular complexity index is 430. The van der Waals surface area contributed by atoms with Gasteiger partial charge in [-0.25, -0.2) is 9.89 Å². The molecule has 0 spiro atoms. The minimum absolute atomic E-state index is 0.150. The second kappa shape index (κ2) is 5.68. The fourth-order valence-corrected chi connectivity index (χ4v) is 2.09. The summed E-state index contributed by atoms with van der Waals surface area (Å²) in [5.74, 6) is -2.36. The standard InChI is InChI=1S/C11H18N4O4/c1-4-7(14-11(12)13)8-9(18)15(5(2)16)10(8)19-6(3)17/h7-8,10H,4H2,1-3H3,(H4,12,13,14). The molecule has 1 fully saturated rings. The van der Waals surface area contributed by atoms with Crippen LogP contribution >= 0.6 is 0 Å². The summed E-state index contributed by atoms with van der Waals surface area (Å²) in [6.45, 7) is 4.23. The number of guanidine groups is 1. The van der Waals surface area contributed by atoms with Crippen molar-refractivity contribution in [1.29, 1.82) is 0 Å². The zero-order valence-electron chi connectivity index (χ0n) is 11.1. The van der Waals surface area contributed by atoms with E-state index in [-0.39, 0.29) is 5.96 Å². The number of esters is 1. The molecule has 3 unspecified atom stereocenters. The van der Waals surface area contributed by atoms with Gasteiger partial charge in [0.15, 0.2) is 12.2 Å². The molecule has 2 amide bonds. The molecule has 0 radical (unpaired) electrons. The van der Waals surface area contributed by atoms with E-state index in [1.54, 1.807) is 6.92 Å². The number of hydrogen-bond acceptors (Lipinski definition) is 5. The van der Waals surface area contributed by atoms with Crippen LogP contribution in [0.5, 0.6) is 0 Å². The summed E-state index contributed by atoms with van der Waals surface area (Å²) in [7, 11) is 0. The van der Waals surface area contributed by atoms with Gasteiger partial charge in [-0.3, -0.25) is 14.4 Å². The Morgan fingerprint density at radius 1 is 1.42 bits per heavy atom. The number of nitrogens with zero attached hydrogens (tertiary/aromatic N) is 2. The number of rotatable bonds is 4. The Morgan fingerprint density at radius 3 is 2.37 bits per heavy atom.